The van der Waals surface area contributed by atoms with Gasteiger partial charge >= 0.3 is 11.9 Å². The van der Waals surface area contributed by atoms with Gasteiger partial charge in [-0.05, 0) is 37.0 Å². The van der Waals surface area contributed by atoms with E-state index in [-0.39, 0.29) is 5.91 Å². The molecule has 2 saturated carbocycles. The van der Waals surface area contributed by atoms with Gasteiger partial charge in [-0.1, -0.05) is 6.42 Å². The monoisotopic (exact) mass is 272 g/mol. The number of aliphatic carboxylic acids is 2. The van der Waals surface area contributed by atoms with E-state index in [2.05, 4.69) is 10.9 Å². The molecule has 0 heterocycles. The number of carbonyl (C=O) groups is 3. The Hall–Kier alpha value is -1.63. The third-order valence-corrected chi connectivity index (χ3v) is 3.70. The fraction of sp³-hybridized carbons (Fsp3) is 0.750. The maximum atomic E-state index is 10.6. The maximum Gasteiger partial charge on any atom is 0.414 e. The molecule has 7 heteroatoms. The summed E-state index contributed by atoms with van der Waals surface area (Å²) in [5, 5.41) is 14.8. The standard InChI is InChI=1S/C10H18N2O.C2H2O4/c1-7(13)12-11-6-10-5-8-2-3-9(10)4-8;3-1(4)2(5)6/h8-11H,2-6H2,1H3,(H,12,13);(H,3,4)(H,5,6). The molecule has 3 atom stereocenters. The molecule has 1 amide bonds. The number of hydrazine groups is 1. The van der Waals surface area contributed by atoms with Crippen LogP contribution in [0.2, 0.25) is 0 Å². The number of amides is 1. The summed E-state index contributed by atoms with van der Waals surface area (Å²) in [6, 6.07) is 0. The molecule has 0 aromatic carbocycles. The molecule has 19 heavy (non-hydrogen) atoms. The van der Waals surface area contributed by atoms with Gasteiger partial charge in [0.15, 0.2) is 0 Å². The number of hydrogen-bond donors (Lipinski definition) is 4. The van der Waals surface area contributed by atoms with Crippen LogP contribution in [0.3, 0.4) is 0 Å². The predicted octanol–water partition coefficient (Wildman–Crippen LogP) is 0.219. The van der Waals surface area contributed by atoms with Gasteiger partial charge in [-0.2, -0.15) is 0 Å². The molecule has 0 spiro atoms. The van der Waals surface area contributed by atoms with Crippen LogP contribution in [0.1, 0.15) is 32.6 Å². The maximum absolute atomic E-state index is 10.6. The van der Waals surface area contributed by atoms with E-state index in [0.29, 0.717) is 0 Å². The van der Waals surface area contributed by atoms with E-state index in [1.54, 1.807) is 0 Å². The van der Waals surface area contributed by atoms with Crippen molar-refractivity contribution in [2.45, 2.75) is 32.6 Å². The summed E-state index contributed by atoms with van der Waals surface area (Å²) in [6.07, 6.45) is 5.67. The third kappa shape index (κ3) is 5.25. The quantitative estimate of drug-likeness (QED) is 0.431. The minimum Gasteiger partial charge on any atom is -0.473 e. The van der Waals surface area contributed by atoms with E-state index >= 15 is 0 Å². The Morgan fingerprint density at radius 1 is 1.11 bits per heavy atom. The first-order valence-electron chi connectivity index (χ1n) is 6.35. The van der Waals surface area contributed by atoms with Crippen LogP contribution < -0.4 is 10.9 Å². The van der Waals surface area contributed by atoms with E-state index in [0.717, 1.165) is 24.3 Å². The van der Waals surface area contributed by atoms with Crippen LogP contribution in [0.15, 0.2) is 0 Å². The zero-order valence-corrected chi connectivity index (χ0v) is 10.9. The number of rotatable bonds is 3. The Balaban J connectivity index is 0.000000258. The van der Waals surface area contributed by atoms with Gasteiger partial charge in [0.05, 0.1) is 0 Å². The average Bonchev–Trinajstić information content (AvgIpc) is 2.91. The Morgan fingerprint density at radius 2 is 1.74 bits per heavy atom. The second-order valence-electron chi connectivity index (χ2n) is 5.11. The molecular weight excluding hydrogens is 252 g/mol. The lowest BCUT2D eigenvalue weighted by atomic mass is 9.89. The molecule has 3 unspecified atom stereocenters. The van der Waals surface area contributed by atoms with E-state index in [1.807, 2.05) is 0 Å². The summed E-state index contributed by atoms with van der Waals surface area (Å²) in [5.74, 6) is -0.904. The molecule has 2 aliphatic carbocycles. The van der Waals surface area contributed by atoms with Crippen LogP contribution in [0.4, 0.5) is 0 Å². The molecular formula is C12H20N2O5. The van der Waals surface area contributed by atoms with Crippen LogP contribution in [-0.4, -0.2) is 34.6 Å². The summed E-state index contributed by atoms with van der Waals surface area (Å²) in [7, 11) is 0. The topological polar surface area (TPSA) is 116 Å². The summed E-state index contributed by atoms with van der Waals surface area (Å²) in [4.78, 5) is 28.8. The molecule has 2 bridgehead atoms. The third-order valence-electron chi connectivity index (χ3n) is 3.70. The molecule has 0 aromatic rings. The highest BCUT2D eigenvalue weighted by Crippen LogP contribution is 2.47. The molecule has 4 N–H and O–H groups in total. The molecule has 108 valence electrons. The number of hydrogen-bond acceptors (Lipinski definition) is 4. The fourth-order valence-corrected chi connectivity index (χ4v) is 2.93. The lowest BCUT2D eigenvalue weighted by Gasteiger charge is -2.21. The van der Waals surface area contributed by atoms with Crippen molar-refractivity contribution in [2.24, 2.45) is 17.8 Å². The van der Waals surface area contributed by atoms with Crippen molar-refractivity contribution in [3.8, 4) is 0 Å². The fourth-order valence-electron chi connectivity index (χ4n) is 2.93. The van der Waals surface area contributed by atoms with Crippen LogP contribution >= 0.6 is 0 Å². The van der Waals surface area contributed by atoms with Crippen molar-refractivity contribution < 1.29 is 24.6 Å². The van der Waals surface area contributed by atoms with E-state index in [9.17, 15) is 4.79 Å². The van der Waals surface area contributed by atoms with Gasteiger partial charge in [0.25, 0.3) is 0 Å². The molecule has 2 rings (SSSR count). The lowest BCUT2D eigenvalue weighted by Crippen LogP contribution is -2.39. The highest BCUT2D eigenvalue weighted by Gasteiger charge is 2.38. The van der Waals surface area contributed by atoms with Crippen LogP contribution in [0.5, 0.6) is 0 Å². The zero-order chi connectivity index (χ0) is 14.4. The number of carboxylic acid groups (broad SMARTS) is 2. The first-order valence-corrected chi connectivity index (χ1v) is 6.35. The van der Waals surface area contributed by atoms with Crippen molar-refractivity contribution in [3.63, 3.8) is 0 Å². The van der Waals surface area contributed by atoms with E-state index in [4.69, 9.17) is 19.8 Å². The van der Waals surface area contributed by atoms with E-state index < -0.39 is 11.9 Å². The van der Waals surface area contributed by atoms with Crippen molar-refractivity contribution >= 4 is 17.8 Å². The summed E-state index contributed by atoms with van der Waals surface area (Å²) in [6.45, 7) is 2.49. The zero-order valence-electron chi connectivity index (χ0n) is 10.9. The number of nitrogens with one attached hydrogen (secondary N) is 2. The summed E-state index contributed by atoms with van der Waals surface area (Å²) >= 11 is 0. The predicted molar refractivity (Wildman–Crippen MR) is 66.0 cm³/mol. The number of carbonyl (C=O) groups excluding carboxylic acids is 1. The van der Waals surface area contributed by atoms with Crippen LogP contribution in [-0.2, 0) is 14.4 Å². The molecule has 0 radical (unpaired) electrons. The second kappa shape index (κ2) is 7.08. The van der Waals surface area contributed by atoms with Gasteiger partial charge in [-0.15, -0.1) is 0 Å². The Morgan fingerprint density at radius 3 is 2.11 bits per heavy atom. The number of fused-ring (bicyclic) bond motifs is 2. The highest BCUT2D eigenvalue weighted by molar-refractivity contribution is 6.27. The van der Waals surface area contributed by atoms with Crippen molar-refractivity contribution in [3.05, 3.63) is 0 Å². The molecule has 2 aliphatic rings. The Bertz CT molecular complexity index is 346. The molecule has 2 fully saturated rings. The number of carboxylic acids is 2. The second-order valence-corrected chi connectivity index (χ2v) is 5.11. The van der Waals surface area contributed by atoms with Crippen molar-refractivity contribution in [1.29, 1.82) is 0 Å². The van der Waals surface area contributed by atoms with Crippen molar-refractivity contribution in [1.82, 2.24) is 10.9 Å². The largest absolute Gasteiger partial charge is 0.473 e. The van der Waals surface area contributed by atoms with Gasteiger partial charge in [0.2, 0.25) is 5.91 Å². The minimum absolute atomic E-state index is 0.00292. The average molecular weight is 272 g/mol. The van der Waals surface area contributed by atoms with Crippen LogP contribution in [0, 0.1) is 17.8 Å². The highest BCUT2D eigenvalue weighted by atomic mass is 16.4. The lowest BCUT2D eigenvalue weighted by molar-refractivity contribution is -0.159. The van der Waals surface area contributed by atoms with Gasteiger partial charge in [-0.3, -0.25) is 10.2 Å². The molecule has 0 aliphatic heterocycles. The smallest absolute Gasteiger partial charge is 0.414 e. The van der Waals surface area contributed by atoms with Gasteiger partial charge in [-0.25, -0.2) is 15.0 Å². The minimum atomic E-state index is -1.82. The first kappa shape index (κ1) is 15.4. The van der Waals surface area contributed by atoms with E-state index in [1.165, 1.54) is 32.6 Å². The molecule has 7 nitrogen and oxygen atoms in total. The molecule has 0 aromatic heterocycles. The van der Waals surface area contributed by atoms with Gasteiger partial charge in [0.1, 0.15) is 0 Å². The van der Waals surface area contributed by atoms with Gasteiger partial charge < -0.3 is 10.2 Å². The summed E-state index contributed by atoms with van der Waals surface area (Å²) < 4.78 is 0. The first-order chi connectivity index (χ1) is 8.90. The normalized spacial score (nSPS) is 27.3. The van der Waals surface area contributed by atoms with Crippen LogP contribution in [0.25, 0.3) is 0 Å². The van der Waals surface area contributed by atoms with Crippen molar-refractivity contribution in [2.75, 3.05) is 6.54 Å². The van der Waals surface area contributed by atoms with Gasteiger partial charge in [0, 0.05) is 13.5 Å². The summed E-state index contributed by atoms with van der Waals surface area (Å²) in [5.41, 5.74) is 5.66. The SMILES string of the molecule is CC(=O)NNCC1CC2CCC1C2.O=C(O)C(=O)O. The Kier molecular flexibility index (Phi) is 5.75. The Labute approximate surface area is 111 Å². The molecule has 0 saturated heterocycles.